The van der Waals surface area contributed by atoms with Crippen molar-refractivity contribution in [1.29, 1.82) is 0 Å². The average Bonchev–Trinajstić information content (AvgIpc) is 2.42. The number of nitrogens with zero attached hydrogens (tertiary/aromatic N) is 2. The maximum atomic E-state index is 11.4. The largest absolute Gasteiger partial charge is 0.331 e. The molecule has 2 heterocycles. The van der Waals surface area contributed by atoms with Crippen LogP contribution in [0, 0.1) is 12.8 Å². The number of ketones is 1. The number of Topliss-reactive ketones (excluding diaryl/α,β-unsaturated/α-hetero) is 1. The Morgan fingerprint density at radius 3 is 2.87 bits per heavy atom. The van der Waals surface area contributed by atoms with E-state index in [0.29, 0.717) is 24.5 Å². The number of aromatic nitrogens is 2. The lowest BCUT2D eigenvalue weighted by atomic mass is 10.1. The maximum absolute atomic E-state index is 11.4. The van der Waals surface area contributed by atoms with Crippen molar-refractivity contribution in [2.75, 3.05) is 0 Å². The molecule has 0 radical (unpaired) electrons. The molecule has 0 bridgehead atoms. The van der Waals surface area contributed by atoms with E-state index in [4.69, 9.17) is 0 Å². The van der Waals surface area contributed by atoms with Gasteiger partial charge in [-0.3, -0.25) is 4.79 Å². The van der Waals surface area contributed by atoms with Gasteiger partial charge in [-0.1, -0.05) is 13.8 Å². The van der Waals surface area contributed by atoms with Crippen molar-refractivity contribution in [3.63, 3.8) is 0 Å². The first-order chi connectivity index (χ1) is 7.08. The Morgan fingerprint density at radius 2 is 2.20 bits per heavy atom. The second kappa shape index (κ2) is 3.80. The SMILES string of the molecule is Cc1nc(CC(C)C)n2c1CC(=O)CC2. The van der Waals surface area contributed by atoms with E-state index in [9.17, 15) is 4.79 Å². The summed E-state index contributed by atoms with van der Waals surface area (Å²) in [6.07, 6.45) is 2.26. The van der Waals surface area contributed by atoms with Crippen molar-refractivity contribution in [2.45, 2.75) is 46.6 Å². The second-order valence-corrected chi connectivity index (χ2v) is 4.78. The zero-order valence-electron chi connectivity index (χ0n) is 9.71. The summed E-state index contributed by atoms with van der Waals surface area (Å²) in [6, 6.07) is 0. The summed E-state index contributed by atoms with van der Waals surface area (Å²) in [6.45, 7) is 7.24. The molecule has 15 heavy (non-hydrogen) atoms. The topological polar surface area (TPSA) is 34.9 Å². The van der Waals surface area contributed by atoms with E-state index in [2.05, 4.69) is 23.4 Å². The van der Waals surface area contributed by atoms with Gasteiger partial charge in [-0.15, -0.1) is 0 Å². The van der Waals surface area contributed by atoms with Gasteiger partial charge in [-0.2, -0.15) is 0 Å². The summed E-state index contributed by atoms with van der Waals surface area (Å²) in [4.78, 5) is 15.9. The standard InChI is InChI=1S/C12H18N2O/c1-8(2)6-12-13-9(3)11-7-10(15)4-5-14(11)12/h8H,4-7H2,1-3H3. The predicted molar refractivity (Wildman–Crippen MR) is 58.8 cm³/mol. The van der Waals surface area contributed by atoms with E-state index in [1.807, 2.05) is 6.92 Å². The molecule has 1 aliphatic rings. The molecule has 0 unspecified atom stereocenters. The average molecular weight is 206 g/mol. The summed E-state index contributed by atoms with van der Waals surface area (Å²) < 4.78 is 2.25. The van der Waals surface area contributed by atoms with E-state index in [-0.39, 0.29) is 0 Å². The van der Waals surface area contributed by atoms with Crippen LogP contribution in [0.1, 0.15) is 37.5 Å². The molecule has 0 spiro atoms. The molecule has 0 fully saturated rings. The van der Waals surface area contributed by atoms with Crippen LogP contribution in [0.3, 0.4) is 0 Å². The van der Waals surface area contributed by atoms with Crippen LogP contribution >= 0.6 is 0 Å². The van der Waals surface area contributed by atoms with Crippen molar-refractivity contribution in [2.24, 2.45) is 5.92 Å². The van der Waals surface area contributed by atoms with Crippen molar-refractivity contribution in [3.05, 3.63) is 17.2 Å². The number of hydrogen-bond acceptors (Lipinski definition) is 2. The first-order valence-corrected chi connectivity index (χ1v) is 5.64. The lowest BCUT2D eigenvalue weighted by molar-refractivity contribution is -0.119. The monoisotopic (exact) mass is 206 g/mol. The van der Waals surface area contributed by atoms with Gasteiger partial charge in [0.05, 0.1) is 5.69 Å². The molecule has 0 aliphatic carbocycles. The van der Waals surface area contributed by atoms with Gasteiger partial charge in [0, 0.05) is 31.5 Å². The van der Waals surface area contributed by atoms with Gasteiger partial charge in [0.2, 0.25) is 0 Å². The first-order valence-electron chi connectivity index (χ1n) is 5.64. The molecule has 3 nitrogen and oxygen atoms in total. The Kier molecular flexibility index (Phi) is 2.63. The third-order valence-electron chi connectivity index (χ3n) is 2.92. The van der Waals surface area contributed by atoms with E-state index in [1.54, 1.807) is 0 Å². The zero-order chi connectivity index (χ0) is 11.0. The molecule has 1 aromatic rings. The molecule has 0 saturated heterocycles. The van der Waals surface area contributed by atoms with Gasteiger partial charge in [0.15, 0.2) is 0 Å². The number of rotatable bonds is 2. The minimum absolute atomic E-state index is 0.349. The van der Waals surface area contributed by atoms with Gasteiger partial charge in [0.25, 0.3) is 0 Å². The quantitative estimate of drug-likeness (QED) is 0.740. The van der Waals surface area contributed by atoms with Gasteiger partial charge in [-0.05, 0) is 12.8 Å². The fraction of sp³-hybridized carbons (Fsp3) is 0.667. The van der Waals surface area contributed by atoms with Crippen LogP contribution in [0.4, 0.5) is 0 Å². The number of imidazole rings is 1. The molecule has 1 aromatic heterocycles. The lowest BCUT2D eigenvalue weighted by Crippen LogP contribution is -2.20. The summed E-state index contributed by atoms with van der Waals surface area (Å²) in [5.74, 6) is 2.13. The third-order valence-corrected chi connectivity index (χ3v) is 2.92. The smallest absolute Gasteiger partial charge is 0.140 e. The fourth-order valence-electron chi connectivity index (χ4n) is 2.19. The molecular formula is C12H18N2O. The first kappa shape index (κ1) is 10.4. The zero-order valence-corrected chi connectivity index (χ0v) is 9.71. The highest BCUT2D eigenvalue weighted by molar-refractivity contribution is 5.81. The molecule has 0 N–H and O–H groups in total. The van der Waals surface area contributed by atoms with E-state index in [0.717, 1.165) is 30.2 Å². The van der Waals surface area contributed by atoms with Crippen LogP contribution in [-0.2, 0) is 24.2 Å². The van der Waals surface area contributed by atoms with Crippen molar-refractivity contribution >= 4 is 5.78 Å². The Labute approximate surface area is 90.5 Å². The Bertz CT molecular complexity index is 391. The van der Waals surface area contributed by atoms with Crippen LogP contribution in [0.5, 0.6) is 0 Å². The number of carbonyl (C=O) groups excluding carboxylic acids is 1. The van der Waals surface area contributed by atoms with Crippen LogP contribution in [0.25, 0.3) is 0 Å². The van der Waals surface area contributed by atoms with Gasteiger partial charge < -0.3 is 4.57 Å². The van der Waals surface area contributed by atoms with E-state index >= 15 is 0 Å². The summed E-state index contributed by atoms with van der Waals surface area (Å²) in [5.41, 5.74) is 2.18. The fourth-order valence-corrected chi connectivity index (χ4v) is 2.19. The highest BCUT2D eigenvalue weighted by Crippen LogP contribution is 2.20. The van der Waals surface area contributed by atoms with Crippen molar-refractivity contribution in [3.8, 4) is 0 Å². The number of aryl methyl sites for hydroxylation is 1. The van der Waals surface area contributed by atoms with Crippen molar-refractivity contribution < 1.29 is 4.79 Å². The molecular weight excluding hydrogens is 188 g/mol. The van der Waals surface area contributed by atoms with Crippen LogP contribution in [0.2, 0.25) is 0 Å². The lowest BCUT2D eigenvalue weighted by Gasteiger charge is -2.17. The highest BCUT2D eigenvalue weighted by atomic mass is 16.1. The van der Waals surface area contributed by atoms with Gasteiger partial charge in [0.1, 0.15) is 11.6 Å². The molecule has 1 aliphatic heterocycles. The Hall–Kier alpha value is -1.12. The minimum Gasteiger partial charge on any atom is -0.331 e. The van der Waals surface area contributed by atoms with E-state index < -0.39 is 0 Å². The molecule has 0 saturated carbocycles. The second-order valence-electron chi connectivity index (χ2n) is 4.78. The molecule has 0 aromatic carbocycles. The Balaban J connectivity index is 2.34. The summed E-state index contributed by atoms with van der Waals surface area (Å²) >= 11 is 0. The Morgan fingerprint density at radius 1 is 1.47 bits per heavy atom. The predicted octanol–water partition coefficient (Wildman–Crippen LogP) is 1.91. The summed E-state index contributed by atoms with van der Waals surface area (Å²) in [7, 11) is 0. The normalized spacial score (nSPS) is 15.9. The highest BCUT2D eigenvalue weighted by Gasteiger charge is 2.21. The van der Waals surface area contributed by atoms with Crippen LogP contribution < -0.4 is 0 Å². The summed E-state index contributed by atoms with van der Waals surface area (Å²) in [5, 5.41) is 0. The third kappa shape index (κ3) is 1.96. The molecule has 0 atom stereocenters. The van der Waals surface area contributed by atoms with Crippen LogP contribution in [-0.4, -0.2) is 15.3 Å². The number of hydrogen-bond donors (Lipinski definition) is 0. The number of carbonyl (C=O) groups is 1. The minimum atomic E-state index is 0.349. The molecule has 2 rings (SSSR count). The van der Waals surface area contributed by atoms with Gasteiger partial charge >= 0.3 is 0 Å². The molecule has 82 valence electrons. The molecule has 0 amide bonds. The van der Waals surface area contributed by atoms with Crippen LogP contribution in [0.15, 0.2) is 0 Å². The number of fused-ring (bicyclic) bond motifs is 1. The molecule has 3 heteroatoms. The van der Waals surface area contributed by atoms with Gasteiger partial charge in [-0.25, -0.2) is 4.98 Å². The van der Waals surface area contributed by atoms with Crippen molar-refractivity contribution in [1.82, 2.24) is 9.55 Å². The van der Waals surface area contributed by atoms with E-state index in [1.165, 1.54) is 0 Å². The maximum Gasteiger partial charge on any atom is 0.140 e.